The maximum atomic E-state index is 6.17. The number of benzene rings is 2. The van der Waals surface area contributed by atoms with Crippen molar-refractivity contribution in [3.8, 4) is 17.2 Å². The fourth-order valence-electron chi connectivity index (χ4n) is 3.72. The molecule has 4 rings (SSSR count). The quantitative estimate of drug-likeness (QED) is 0.471. The van der Waals surface area contributed by atoms with Crippen LogP contribution in [-0.4, -0.2) is 56.5 Å². The lowest BCUT2D eigenvalue weighted by Crippen LogP contribution is -2.47. The summed E-state index contributed by atoms with van der Waals surface area (Å²) in [6.45, 7) is 7.28. The first kappa shape index (κ1) is 22.3. The molecule has 170 valence electrons. The van der Waals surface area contributed by atoms with Gasteiger partial charge in [-0.2, -0.15) is 0 Å². The zero-order valence-corrected chi connectivity index (χ0v) is 19.2. The van der Waals surface area contributed by atoms with E-state index in [4.69, 9.17) is 30.3 Å². The molecule has 32 heavy (non-hydrogen) atoms. The number of ether oxygens (including phenoxy) is 3. The molecule has 1 aliphatic heterocycles. The van der Waals surface area contributed by atoms with E-state index in [9.17, 15) is 0 Å². The van der Waals surface area contributed by atoms with E-state index in [1.165, 1.54) is 0 Å². The molecule has 1 aliphatic rings. The number of halogens is 1. The van der Waals surface area contributed by atoms with Gasteiger partial charge in [0.25, 0.3) is 0 Å². The highest BCUT2D eigenvalue weighted by molar-refractivity contribution is 6.31. The van der Waals surface area contributed by atoms with Crippen LogP contribution in [0.5, 0.6) is 17.2 Å². The van der Waals surface area contributed by atoms with E-state index in [0.29, 0.717) is 34.6 Å². The maximum absolute atomic E-state index is 6.17. The summed E-state index contributed by atoms with van der Waals surface area (Å²) in [7, 11) is 1.72. The second-order valence-electron chi connectivity index (χ2n) is 7.59. The predicted octanol–water partition coefficient (Wildman–Crippen LogP) is 4.43. The highest BCUT2D eigenvalue weighted by atomic mass is 35.5. The SMILES string of the molecule is COc1ccccc1N1CCN(CCOc2ccccc2OCc2onc(C)c2Cl)CC1. The molecule has 0 radical (unpaired) electrons. The monoisotopic (exact) mass is 457 g/mol. The van der Waals surface area contributed by atoms with Gasteiger partial charge in [0.1, 0.15) is 17.4 Å². The van der Waals surface area contributed by atoms with E-state index < -0.39 is 0 Å². The van der Waals surface area contributed by atoms with Crippen LogP contribution in [0.4, 0.5) is 5.69 Å². The number of para-hydroxylation sites is 4. The van der Waals surface area contributed by atoms with Crippen molar-refractivity contribution in [2.24, 2.45) is 0 Å². The Labute approximate surface area is 193 Å². The molecule has 7 nitrogen and oxygen atoms in total. The number of aryl methyl sites for hydroxylation is 1. The molecule has 1 aromatic heterocycles. The Balaban J connectivity index is 1.25. The van der Waals surface area contributed by atoms with Crippen molar-refractivity contribution in [2.45, 2.75) is 13.5 Å². The van der Waals surface area contributed by atoms with E-state index in [0.717, 1.165) is 44.2 Å². The molecule has 0 N–H and O–H groups in total. The van der Waals surface area contributed by atoms with E-state index in [2.05, 4.69) is 27.1 Å². The zero-order chi connectivity index (χ0) is 22.3. The molecule has 3 aromatic rings. The van der Waals surface area contributed by atoms with Crippen molar-refractivity contribution in [3.63, 3.8) is 0 Å². The van der Waals surface area contributed by atoms with Crippen LogP contribution in [-0.2, 0) is 6.61 Å². The first-order valence-electron chi connectivity index (χ1n) is 10.7. The van der Waals surface area contributed by atoms with Gasteiger partial charge in [0.2, 0.25) is 0 Å². The predicted molar refractivity (Wildman–Crippen MR) is 124 cm³/mol. The number of anilines is 1. The Morgan fingerprint density at radius 1 is 0.938 bits per heavy atom. The highest BCUT2D eigenvalue weighted by Gasteiger charge is 2.19. The Kier molecular flexibility index (Phi) is 7.39. The van der Waals surface area contributed by atoms with Crippen LogP contribution in [0.1, 0.15) is 11.5 Å². The molecular formula is C24H28ClN3O4. The van der Waals surface area contributed by atoms with Crippen molar-refractivity contribution in [3.05, 3.63) is 65.0 Å². The van der Waals surface area contributed by atoms with Gasteiger partial charge in [0, 0.05) is 32.7 Å². The summed E-state index contributed by atoms with van der Waals surface area (Å²) in [6, 6.07) is 15.8. The third-order valence-electron chi connectivity index (χ3n) is 5.53. The third kappa shape index (κ3) is 5.29. The van der Waals surface area contributed by atoms with Gasteiger partial charge in [-0.15, -0.1) is 0 Å². The van der Waals surface area contributed by atoms with Gasteiger partial charge >= 0.3 is 0 Å². The van der Waals surface area contributed by atoms with Crippen LogP contribution < -0.4 is 19.1 Å². The minimum absolute atomic E-state index is 0.199. The Bertz CT molecular complexity index is 1020. The lowest BCUT2D eigenvalue weighted by Gasteiger charge is -2.36. The van der Waals surface area contributed by atoms with Crippen LogP contribution in [0.15, 0.2) is 53.1 Å². The lowest BCUT2D eigenvalue weighted by molar-refractivity contribution is 0.190. The third-order valence-corrected chi connectivity index (χ3v) is 6.01. The standard InChI is InChI=1S/C24H28ClN3O4/c1-18-24(25)23(32-26-18)17-31-22-10-6-5-9-21(22)30-16-15-27-11-13-28(14-12-27)19-7-3-4-8-20(19)29-2/h3-10H,11-17H2,1-2H3. The van der Waals surface area contributed by atoms with E-state index in [1.807, 2.05) is 36.4 Å². The number of piperazine rings is 1. The molecule has 0 aliphatic carbocycles. The average Bonchev–Trinajstić information content (AvgIpc) is 3.16. The number of rotatable bonds is 9. The summed E-state index contributed by atoms with van der Waals surface area (Å²) >= 11 is 6.17. The van der Waals surface area contributed by atoms with Crippen molar-refractivity contribution < 1.29 is 18.7 Å². The maximum Gasteiger partial charge on any atom is 0.192 e. The van der Waals surface area contributed by atoms with E-state index >= 15 is 0 Å². The van der Waals surface area contributed by atoms with Gasteiger partial charge in [-0.05, 0) is 31.2 Å². The summed E-state index contributed by atoms with van der Waals surface area (Å²) in [5, 5.41) is 4.35. The fraction of sp³-hybridized carbons (Fsp3) is 0.375. The second-order valence-corrected chi connectivity index (χ2v) is 7.97. The van der Waals surface area contributed by atoms with Gasteiger partial charge in [-0.3, -0.25) is 4.90 Å². The van der Waals surface area contributed by atoms with Crippen LogP contribution in [0.3, 0.4) is 0 Å². The van der Waals surface area contributed by atoms with Crippen molar-refractivity contribution in [1.82, 2.24) is 10.1 Å². The minimum Gasteiger partial charge on any atom is -0.495 e. The number of aromatic nitrogens is 1. The molecule has 2 heterocycles. The van der Waals surface area contributed by atoms with Crippen LogP contribution in [0, 0.1) is 6.92 Å². The van der Waals surface area contributed by atoms with Gasteiger partial charge < -0.3 is 23.6 Å². The summed E-state index contributed by atoms with van der Waals surface area (Å²) in [6.07, 6.45) is 0. The molecule has 0 spiro atoms. The van der Waals surface area contributed by atoms with E-state index in [-0.39, 0.29) is 6.61 Å². The topological polar surface area (TPSA) is 60.2 Å². The Morgan fingerprint density at radius 2 is 1.59 bits per heavy atom. The van der Waals surface area contributed by atoms with E-state index in [1.54, 1.807) is 14.0 Å². The summed E-state index contributed by atoms with van der Waals surface area (Å²) in [5.74, 6) is 2.78. The lowest BCUT2D eigenvalue weighted by atomic mass is 10.2. The Morgan fingerprint density at radius 3 is 2.25 bits per heavy atom. The van der Waals surface area contributed by atoms with Crippen molar-refractivity contribution in [2.75, 3.05) is 51.3 Å². The fourth-order valence-corrected chi connectivity index (χ4v) is 3.84. The molecule has 1 fully saturated rings. The van der Waals surface area contributed by atoms with Gasteiger partial charge in [-0.1, -0.05) is 41.0 Å². The largest absolute Gasteiger partial charge is 0.495 e. The van der Waals surface area contributed by atoms with Gasteiger partial charge in [0.15, 0.2) is 23.9 Å². The Hall–Kier alpha value is -2.90. The smallest absolute Gasteiger partial charge is 0.192 e. The molecule has 8 heteroatoms. The molecule has 1 saturated heterocycles. The van der Waals surface area contributed by atoms with Crippen LogP contribution in [0.25, 0.3) is 0 Å². The second kappa shape index (κ2) is 10.6. The average molecular weight is 458 g/mol. The van der Waals surface area contributed by atoms with Crippen LogP contribution in [0.2, 0.25) is 5.02 Å². The first-order chi connectivity index (χ1) is 15.7. The number of methoxy groups -OCH3 is 1. The molecule has 0 amide bonds. The molecule has 0 atom stereocenters. The van der Waals surface area contributed by atoms with Crippen molar-refractivity contribution in [1.29, 1.82) is 0 Å². The molecule has 0 bridgehead atoms. The summed E-state index contributed by atoms with van der Waals surface area (Å²) in [5.41, 5.74) is 1.81. The highest BCUT2D eigenvalue weighted by Crippen LogP contribution is 2.30. The molecule has 0 unspecified atom stereocenters. The molecular weight excluding hydrogens is 430 g/mol. The van der Waals surface area contributed by atoms with Crippen LogP contribution >= 0.6 is 11.6 Å². The molecule has 2 aromatic carbocycles. The van der Waals surface area contributed by atoms with Gasteiger partial charge in [0.05, 0.1) is 18.5 Å². The normalized spacial score (nSPS) is 14.4. The summed E-state index contributed by atoms with van der Waals surface area (Å²) < 4.78 is 22.6. The van der Waals surface area contributed by atoms with Crippen molar-refractivity contribution >= 4 is 17.3 Å². The number of hydrogen-bond donors (Lipinski definition) is 0. The zero-order valence-electron chi connectivity index (χ0n) is 18.4. The molecule has 0 saturated carbocycles. The first-order valence-corrected chi connectivity index (χ1v) is 11.1. The van der Waals surface area contributed by atoms with Gasteiger partial charge in [-0.25, -0.2) is 0 Å². The summed E-state index contributed by atoms with van der Waals surface area (Å²) in [4.78, 5) is 4.78. The minimum atomic E-state index is 0.199. The number of nitrogens with zero attached hydrogens (tertiary/aromatic N) is 3. The number of hydrogen-bond acceptors (Lipinski definition) is 7.